The molecule has 7 heavy (non-hydrogen) atoms. The summed E-state index contributed by atoms with van der Waals surface area (Å²) in [6.45, 7) is 3.22. The molecule has 0 aliphatic heterocycles. The Bertz CT molecular complexity index is 66.0. The van der Waals surface area contributed by atoms with Crippen LogP contribution in [-0.2, 0) is 4.79 Å². The minimum atomic E-state index is 0. The van der Waals surface area contributed by atoms with Crippen molar-refractivity contribution in [1.29, 1.82) is 0 Å². The van der Waals surface area contributed by atoms with Gasteiger partial charge in [0, 0.05) is 80.9 Å². The fourth-order valence-electron chi connectivity index (χ4n) is 0. The van der Waals surface area contributed by atoms with E-state index >= 15 is 0 Å². The fourth-order valence-corrected chi connectivity index (χ4v) is 0. The number of allylic oxidation sites excluding steroid dienone is 1. The van der Waals surface area contributed by atoms with Gasteiger partial charge < -0.3 is 4.79 Å². The molecule has 0 unspecified atom stereocenters. The van der Waals surface area contributed by atoms with Crippen molar-refractivity contribution in [3.05, 3.63) is 12.7 Å². The zero-order chi connectivity index (χ0) is 4.28. The van der Waals surface area contributed by atoms with Gasteiger partial charge in [0.1, 0.15) is 0 Å². The maximum absolute atomic E-state index is 9.71. The summed E-state index contributed by atoms with van der Waals surface area (Å²) >= 11 is 1.29. The van der Waals surface area contributed by atoms with E-state index in [0.29, 0.717) is 0 Å². The van der Waals surface area contributed by atoms with Crippen LogP contribution in [0.2, 0.25) is 0 Å². The predicted octanol–water partition coefficient (Wildman–Crippen LogP) is -0.894. The molecule has 0 aromatic carbocycles. The third-order valence-electron chi connectivity index (χ3n) is 0.228. The van der Waals surface area contributed by atoms with Crippen LogP contribution in [0, 0.1) is 0 Å². The molecule has 0 atom stereocenters. The second kappa shape index (κ2) is 11.6. The zero-order valence-corrected chi connectivity index (χ0v) is 11.4. The quantitative estimate of drug-likeness (QED) is 0.342. The molecule has 0 fully saturated rings. The van der Waals surface area contributed by atoms with Crippen molar-refractivity contribution in [1.82, 2.24) is 0 Å². The van der Waals surface area contributed by atoms with E-state index in [2.05, 4.69) is 6.58 Å². The second-order valence-corrected chi connectivity index (χ2v) is 1.37. The van der Waals surface area contributed by atoms with Crippen molar-refractivity contribution in [2.24, 2.45) is 0 Å². The Balaban J connectivity index is -0.0000000800. The Labute approximate surface area is 121 Å². The number of rotatable bonds is 1. The molecule has 0 N–H and O–H groups in total. The average Bonchev–Trinajstić information content (AvgIpc) is 1.38. The number of hydrogen-bond donors (Lipinski definition) is 0. The van der Waals surface area contributed by atoms with Crippen molar-refractivity contribution in [3.8, 4) is 0 Å². The van der Waals surface area contributed by atoms with E-state index in [-0.39, 0.29) is 84.9 Å². The first kappa shape index (κ1) is 16.4. The molecule has 0 aliphatic rings. The largest absolute Gasteiger partial charge is 0.348 e. The first-order valence-electron chi connectivity index (χ1n) is 1.25. The molecule has 0 saturated heterocycles. The molecule has 0 aromatic heterocycles. The molecule has 0 bridgehead atoms. The van der Waals surface area contributed by atoms with Crippen LogP contribution < -0.4 is 0 Å². The zero-order valence-electron chi connectivity index (χ0n) is 4.90. The van der Waals surface area contributed by atoms with Gasteiger partial charge in [0.05, 0.1) is 0 Å². The van der Waals surface area contributed by atoms with Crippen LogP contribution in [0.4, 0.5) is 0 Å². The summed E-state index contributed by atoms with van der Waals surface area (Å²) in [4.78, 5) is 9.71. The van der Waals surface area contributed by atoms with Crippen molar-refractivity contribution >= 4 is 107 Å². The van der Waals surface area contributed by atoms with Crippen LogP contribution in [0.5, 0.6) is 0 Å². The summed E-state index contributed by atoms with van der Waals surface area (Å²) in [7, 11) is 0. The smallest absolute Gasteiger partial charge is 0.335 e. The maximum atomic E-state index is 9.71. The Morgan fingerprint density at radius 2 is 1.86 bits per heavy atom. The summed E-state index contributed by atoms with van der Waals surface area (Å²) in [5, 5.41) is 0. The van der Waals surface area contributed by atoms with E-state index in [4.69, 9.17) is 0 Å². The van der Waals surface area contributed by atoms with Gasteiger partial charge in [-0.25, -0.2) is 0 Å². The SMILES string of the molecule is C=C[C](=O)[Mg].[K].[Na]. The minimum absolute atomic E-state index is 0. The average molecular weight is 141 g/mol. The van der Waals surface area contributed by atoms with Gasteiger partial charge >= 0.3 is 21.7 Å². The summed E-state index contributed by atoms with van der Waals surface area (Å²) in [5.41, 5.74) is 0. The molecular weight excluding hydrogens is 138 g/mol. The fraction of sp³-hybridized carbons (Fsp3) is 0. The van der Waals surface area contributed by atoms with Crippen LogP contribution in [-0.4, -0.2) is 107 Å². The summed E-state index contributed by atoms with van der Waals surface area (Å²) in [6.07, 6.45) is 1.29. The number of hydrogen-bond acceptors (Lipinski definition) is 1. The first-order chi connectivity index (χ1) is 2.27. The van der Waals surface area contributed by atoms with Gasteiger partial charge in [-0.15, -0.1) is 0 Å². The van der Waals surface area contributed by atoms with Gasteiger partial charge in [0.25, 0.3) is 0 Å². The van der Waals surface area contributed by atoms with Gasteiger partial charge in [-0.3, -0.25) is 0 Å². The first-order valence-corrected chi connectivity index (χ1v) is 1.96. The van der Waals surface area contributed by atoms with Gasteiger partial charge in [-0.05, 0) is 3.91 Å². The Morgan fingerprint density at radius 1 is 1.71 bits per heavy atom. The van der Waals surface area contributed by atoms with Gasteiger partial charge in [0.15, 0.2) is 0 Å². The van der Waals surface area contributed by atoms with Crippen LogP contribution in [0.1, 0.15) is 0 Å². The van der Waals surface area contributed by atoms with E-state index < -0.39 is 0 Å². The molecule has 1 nitrogen and oxygen atoms in total. The monoisotopic (exact) mass is 141 g/mol. The van der Waals surface area contributed by atoms with E-state index in [9.17, 15) is 4.79 Å². The molecule has 0 amide bonds. The predicted molar refractivity (Wildman–Crippen MR) is 32.5 cm³/mol. The van der Waals surface area contributed by atoms with Gasteiger partial charge in [-0.1, -0.05) is 12.7 Å². The standard InChI is InChI=1S/C3H3O.K.Mg.Na/c1-2-3-4;;;/h2H,1H2;;;. The summed E-state index contributed by atoms with van der Waals surface area (Å²) < 4.78 is 0.0463. The topological polar surface area (TPSA) is 17.1 Å². The third-order valence-corrected chi connectivity index (χ3v) is 0.516. The summed E-state index contributed by atoms with van der Waals surface area (Å²) in [5.74, 6) is 0. The molecule has 3 radical (unpaired) electrons. The molecule has 25 valence electrons. The van der Waals surface area contributed by atoms with Gasteiger partial charge in [0.2, 0.25) is 0 Å². The Hall–Kier alpha value is 2.81. The molecule has 0 rings (SSSR count). The van der Waals surface area contributed by atoms with Crippen LogP contribution in [0.3, 0.4) is 0 Å². The van der Waals surface area contributed by atoms with Crippen molar-refractivity contribution in [2.75, 3.05) is 0 Å². The Morgan fingerprint density at radius 3 is 1.86 bits per heavy atom. The van der Waals surface area contributed by atoms with Crippen molar-refractivity contribution in [3.63, 3.8) is 0 Å². The van der Waals surface area contributed by atoms with E-state index in [0.717, 1.165) is 0 Å². The van der Waals surface area contributed by atoms with Crippen LogP contribution in [0.15, 0.2) is 12.7 Å². The molecule has 0 aromatic rings. The van der Waals surface area contributed by atoms with Crippen molar-refractivity contribution in [2.45, 2.75) is 0 Å². The second-order valence-electron chi connectivity index (χ2n) is 0.670. The summed E-state index contributed by atoms with van der Waals surface area (Å²) in [6, 6.07) is 0. The molecular formula is C3H3KMgNaO. The number of carbonyl (C=O) groups excluding carboxylic acids is 1. The van der Waals surface area contributed by atoms with Crippen LogP contribution in [0.25, 0.3) is 0 Å². The van der Waals surface area contributed by atoms with E-state index in [1.807, 2.05) is 0 Å². The van der Waals surface area contributed by atoms with Gasteiger partial charge in [-0.2, -0.15) is 0 Å². The molecule has 0 aliphatic carbocycles. The Kier molecular flexibility index (Phi) is 27.2. The van der Waals surface area contributed by atoms with Crippen molar-refractivity contribution < 1.29 is 4.79 Å². The maximum Gasteiger partial charge on any atom is 0.348 e. The van der Waals surface area contributed by atoms with E-state index in [1.54, 1.807) is 0 Å². The molecule has 0 saturated carbocycles. The normalized spacial score (nSPS) is 4.43. The van der Waals surface area contributed by atoms with E-state index in [1.165, 1.54) is 27.8 Å². The van der Waals surface area contributed by atoms with Crippen LogP contribution >= 0.6 is 0 Å². The minimum Gasteiger partial charge on any atom is -0.335 e. The molecule has 0 spiro atoms. The number of carbonyl (C=O) groups is 1. The molecule has 4 heteroatoms. The molecule has 0 heterocycles. The third kappa shape index (κ3) is 17.7.